The number of rotatable bonds is 4. The summed E-state index contributed by atoms with van der Waals surface area (Å²) in [5, 5.41) is 24.6. The fourth-order valence-electron chi connectivity index (χ4n) is 2.59. The zero-order valence-electron chi connectivity index (χ0n) is 12.4. The number of nitro groups is 1. The van der Waals surface area contributed by atoms with Gasteiger partial charge in [-0.1, -0.05) is 13.8 Å². The molecule has 2 rings (SSSR count). The Morgan fingerprint density at radius 3 is 2.48 bits per heavy atom. The van der Waals surface area contributed by atoms with Crippen LogP contribution in [0.1, 0.15) is 39.5 Å². The summed E-state index contributed by atoms with van der Waals surface area (Å²) in [6.07, 6.45) is 3.61. The van der Waals surface area contributed by atoms with Crippen molar-refractivity contribution in [3.05, 3.63) is 31.9 Å². The van der Waals surface area contributed by atoms with Crippen LogP contribution in [-0.2, 0) is 0 Å². The minimum atomic E-state index is -0.680. The number of hydrogen-bond acceptors (Lipinski definition) is 4. The molecule has 0 radical (unpaired) electrons. The Bertz CT molecular complexity index is 536. The minimum Gasteiger partial charge on any atom is -0.388 e. The second kappa shape index (κ2) is 6.08. The third kappa shape index (κ3) is 4.29. The Morgan fingerprint density at radius 1 is 1.33 bits per heavy atom. The van der Waals surface area contributed by atoms with E-state index in [1.54, 1.807) is 6.07 Å². The van der Waals surface area contributed by atoms with E-state index in [2.05, 4.69) is 41.8 Å². The number of benzene rings is 1. The van der Waals surface area contributed by atoms with Gasteiger partial charge < -0.3 is 10.4 Å². The third-order valence-electron chi connectivity index (χ3n) is 4.31. The van der Waals surface area contributed by atoms with Gasteiger partial charge in [-0.05, 0) is 59.8 Å². The maximum atomic E-state index is 10.7. The number of hydrogen-bond donors (Lipinski definition) is 2. The first kappa shape index (κ1) is 16.5. The molecule has 1 aromatic carbocycles. The van der Waals surface area contributed by atoms with Crippen LogP contribution in [0.3, 0.4) is 0 Å². The van der Waals surface area contributed by atoms with Crippen molar-refractivity contribution in [2.75, 3.05) is 11.9 Å². The standard InChI is InChI=1S/C15H21IN2O3/c1-14(2)5-7-15(19,8-6-14)10-17-13-4-3-11(18(20)21)9-12(13)16/h3-4,9,17,19H,5-8,10H2,1-2H3. The highest BCUT2D eigenvalue weighted by Gasteiger charge is 2.36. The highest BCUT2D eigenvalue weighted by molar-refractivity contribution is 14.1. The predicted octanol–water partition coefficient (Wildman–Crippen LogP) is 3.94. The van der Waals surface area contributed by atoms with Crippen molar-refractivity contribution in [1.82, 2.24) is 0 Å². The molecule has 0 amide bonds. The molecular weight excluding hydrogens is 383 g/mol. The largest absolute Gasteiger partial charge is 0.388 e. The Kier molecular flexibility index (Phi) is 4.77. The fourth-order valence-corrected chi connectivity index (χ4v) is 3.28. The van der Waals surface area contributed by atoms with Gasteiger partial charge in [0, 0.05) is 27.9 Å². The molecule has 1 aromatic rings. The number of anilines is 1. The second-order valence-electron chi connectivity index (χ2n) is 6.66. The van der Waals surface area contributed by atoms with Crippen LogP contribution >= 0.6 is 22.6 Å². The monoisotopic (exact) mass is 404 g/mol. The minimum absolute atomic E-state index is 0.0862. The highest BCUT2D eigenvalue weighted by Crippen LogP contribution is 2.40. The van der Waals surface area contributed by atoms with Crippen molar-refractivity contribution in [3.63, 3.8) is 0 Å². The van der Waals surface area contributed by atoms with Gasteiger partial charge in [-0.25, -0.2) is 0 Å². The molecule has 0 aliphatic heterocycles. The van der Waals surface area contributed by atoms with Gasteiger partial charge in [0.25, 0.3) is 5.69 Å². The van der Waals surface area contributed by atoms with Crippen molar-refractivity contribution < 1.29 is 10.0 Å². The zero-order valence-corrected chi connectivity index (χ0v) is 14.5. The van der Waals surface area contributed by atoms with Crippen LogP contribution in [0.15, 0.2) is 18.2 Å². The molecule has 0 saturated heterocycles. The lowest BCUT2D eigenvalue weighted by Crippen LogP contribution is -2.42. The summed E-state index contributed by atoms with van der Waals surface area (Å²) in [6.45, 7) is 4.95. The van der Waals surface area contributed by atoms with Crippen LogP contribution in [0.25, 0.3) is 0 Å². The topological polar surface area (TPSA) is 75.4 Å². The molecule has 0 bridgehead atoms. The van der Waals surface area contributed by atoms with E-state index in [1.165, 1.54) is 12.1 Å². The van der Waals surface area contributed by atoms with Crippen LogP contribution in [0.5, 0.6) is 0 Å². The molecule has 5 nitrogen and oxygen atoms in total. The van der Waals surface area contributed by atoms with Gasteiger partial charge in [0.05, 0.1) is 10.5 Å². The van der Waals surface area contributed by atoms with Crippen LogP contribution in [0, 0.1) is 19.1 Å². The molecule has 2 N–H and O–H groups in total. The maximum absolute atomic E-state index is 10.7. The molecule has 6 heteroatoms. The van der Waals surface area contributed by atoms with E-state index >= 15 is 0 Å². The normalized spacial score (nSPS) is 20.0. The molecular formula is C15H21IN2O3. The summed E-state index contributed by atoms with van der Waals surface area (Å²) in [5.41, 5.74) is 0.552. The highest BCUT2D eigenvalue weighted by atomic mass is 127. The molecule has 1 fully saturated rings. The molecule has 1 aliphatic carbocycles. The van der Waals surface area contributed by atoms with E-state index in [-0.39, 0.29) is 5.69 Å². The van der Waals surface area contributed by atoms with Gasteiger partial charge >= 0.3 is 0 Å². The molecule has 0 heterocycles. The quantitative estimate of drug-likeness (QED) is 0.453. The summed E-state index contributed by atoms with van der Waals surface area (Å²) >= 11 is 2.08. The number of halogens is 1. The van der Waals surface area contributed by atoms with Gasteiger partial charge in [0.15, 0.2) is 0 Å². The summed E-state index contributed by atoms with van der Waals surface area (Å²) in [4.78, 5) is 10.3. The average Bonchev–Trinajstić information content (AvgIpc) is 2.41. The summed E-state index contributed by atoms with van der Waals surface area (Å²) in [6, 6.07) is 4.73. The number of aliphatic hydroxyl groups is 1. The Labute approximate surface area is 138 Å². The van der Waals surface area contributed by atoms with E-state index < -0.39 is 10.5 Å². The van der Waals surface area contributed by atoms with Crippen molar-refractivity contribution in [3.8, 4) is 0 Å². The van der Waals surface area contributed by atoms with Crippen molar-refractivity contribution >= 4 is 34.0 Å². The van der Waals surface area contributed by atoms with E-state index in [0.29, 0.717) is 12.0 Å². The Hall–Kier alpha value is -0.890. The number of nitrogens with one attached hydrogen (secondary N) is 1. The van der Waals surface area contributed by atoms with Gasteiger partial charge in [0.2, 0.25) is 0 Å². The first-order valence-electron chi connectivity index (χ1n) is 7.11. The molecule has 1 saturated carbocycles. The number of nitrogens with zero attached hydrogens (tertiary/aromatic N) is 1. The fraction of sp³-hybridized carbons (Fsp3) is 0.600. The summed E-state index contributed by atoms with van der Waals surface area (Å²) in [5.74, 6) is 0. The molecule has 0 spiro atoms. The van der Waals surface area contributed by atoms with Gasteiger partial charge in [0.1, 0.15) is 0 Å². The first-order valence-corrected chi connectivity index (χ1v) is 8.19. The SMILES string of the molecule is CC1(C)CCC(O)(CNc2ccc([N+](=O)[O-])cc2I)CC1. The van der Waals surface area contributed by atoms with E-state index in [9.17, 15) is 15.2 Å². The molecule has 1 aliphatic rings. The predicted molar refractivity (Wildman–Crippen MR) is 91.5 cm³/mol. The lowest BCUT2D eigenvalue weighted by atomic mass is 9.71. The summed E-state index contributed by atoms with van der Waals surface area (Å²) < 4.78 is 0.793. The number of non-ortho nitro benzene ring substituents is 1. The van der Waals surface area contributed by atoms with Gasteiger partial charge in [-0.3, -0.25) is 10.1 Å². The van der Waals surface area contributed by atoms with E-state index in [4.69, 9.17) is 0 Å². The zero-order chi connectivity index (χ0) is 15.7. The van der Waals surface area contributed by atoms with Crippen LogP contribution in [-0.4, -0.2) is 22.2 Å². The third-order valence-corrected chi connectivity index (χ3v) is 5.20. The Morgan fingerprint density at radius 2 is 1.95 bits per heavy atom. The van der Waals surface area contributed by atoms with E-state index in [0.717, 1.165) is 34.9 Å². The van der Waals surface area contributed by atoms with Crippen LogP contribution in [0.4, 0.5) is 11.4 Å². The van der Waals surface area contributed by atoms with Crippen molar-refractivity contribution in [2.24, 2.45) is 5.41 Å². The van der Waals surface area contributed by atoms with Crippen LogP contribution in [0.2, 0.25) is 0 Å². The Balaban J connectivity index is 1.98. The average molecular weight is 404 g/mol. The lowest BCUT2D eigenvalue weighted by molar-refractivity contribution is -0.384. The molecule has 0 atom stereocenters. The molecule has 21 heavy (non-hydrogen) atoms. The van der Waals surface area contributed by atoms with Gasteiger partial charge in [-0.2, -0.15) is 0 Å². The molecule has 116 valence electrons. The van der Waals surface area contributed by atoms with Gasteiger partial charge in [-0.15, -0.1) is 0 Å². The maximum Gasteiger partial charge on any atom is 0.270 e. The smallest absolute Gasteiger partial charge is 0.270 e. The van der Waals surface area contributed by atoms with Crippen molar-refractivity contribution in [1.29, 1.82) is 0 Å². The molecule has 0 aromatic heterocycles. The number of nitro benzene ring substituents is 1. The molecule has 0 unspecified atom stereocenters. The second-order valence-corrected chi connectivity index (χ2v) is 7.83. The first-order chi connectivity index (χ1) is 9.71. The summed E-state index contributed by atoms with van der Waals surface area (Å²) in [7, 11) is 0. The van der Waals surface area contributed by atoms with Crippen LogP contribution < -0.4 is 5.32 Å². The van der Waals surface area contributed by atoms with E-state index in [1.807, 2.05) is 0 Å². The lowest BCUT2D eigenvalue weighted by Gasteiger charge is -2.40. The van der Waals surface area contributed by atoms with Crippen molar-refractivity contribution in [2.45, 2.75) is 45.1 Å².